The summed E-state index contributed by atoms with van der Waals surface area (Å²) in [4.78, 5) is 27.2. The van der Waals surface area contributed by atoms with E-state index < -0.39 is 21.8 Å². The Kier molecular flexibility index (Phi) is 6.85. The van der Waals surface area contributed by atoms with Crippen LogP contribution in [0.15, 0.2) is 30.5 Å². The van der Waals surface area contributed by atoms with Crippen LogP contribution in [0, 0.1) is 6.92 Å². The van der Waals surface area contributed by atoms with Gasteiger partial charge in [-0.2, -0.15) is 5.10 Å². The van der Waals surface area contributed by atoms with E-state index in [4.69, 9.17) is 4.74 Å². The first kappa shape index (κ1) is 23.4. The van der Waals surface area contributed by atoms with Crippen molar-refractivity contribution in [1.82, 2.24) is 20.0 Å². The molecule has 0 radical (unpaired) electrons. The number of amides is 1. The fourth-order valence-corrected chi connectivity index (χ4v) is 6.61. The number of rotatable bonds is 6. The number of carbonyl (C=O) groups is 2. The standard InChI is InChI=1S/C23H30N4O5S/c1-3-32-23(29)19-13-24-27(16(19)2)18-9-7-17(8-10-18)22(28)25-20-14-33(30,31)15-21(20)26-11-5-4-6-12-26/h7-10,13,20-21H,3-6,11-12,14-15H2,1-2H3,(H,25,28). The maximum absolute atomic E-state index is 12.9. The van der Waals surface area contributed by atoms with Gasteiger partial charge in [0.05, 0.1) is 41.7 Å². The van der Waals surface area contributed by atoms with Crippen LogP contribution in [-0.2, 0) is 14.6 Å². The Bertz CT molecular complexity index is 1120. The first-order chi connectivity index (χ1) is 15.8. The summed E-state index contributed by atoms with van der Waals surface area (Å²) < 4.78 is 31.3. The van der Waals surface area contributed by atoms with Crippen LogP contribution in [-0.4, -0.2) is 78.3 Å². The van der Waals surface area contributed by atoms with Gasteiger partial charge in [0.2, 0.25) is 0 Å². The van der Waals surface area contributed by atoms with Crippen molar-refractivity contribution in [2.24, 2.45) is 0 Å². The van der Waals surface area contributed by atoms with Gasteiger partial charge in [-0.3, -0.25) is 9.69 Å². The van der Waals surface area contributed by atoms with E-state index in [9.17, 15) is 18.0 Å². The molecule has 33 heavy (non-hydrogen) atoms. The van der Waals surface area contributed by atoms with E-state index in [-0.39, 0.29) is 30.1 Å². The number of carbonyl (C=O) groups excluding carboxylic acids is 2. The Morgan fingerprint density at radius 2 is 1.82 bits per heavy atom. The van der Waals surface area contributed by atoms with Crippen molar-refractivity contribution in [3.8, 4) is 5.69 Å². The lowest BCUT2D eigenvalue weighted by Gasteiger charge is -2.35. The second-order valence-electron chi connectivity index (χ2n) is 8.64. The topological polar surface area (TPSA) is 111 Å². The van der Waals surface area contributed by atoms with Crippen molar-refractivity contribution in [2.75, 3.05) is 31.2 Å². The molecule has 1 aromatic heterocycles. The number of aromatic nitrogens is 2. The molecule has 2 aliphatic rings. The molecule has 2 aromatic rings. The zero-order chi connectivity index (χ0) is 23.6. The number of nitrogens with one attached hydrogen (secondary N) is 1. The molecule has 1 aromatic carbocycles. The molecular formula is C23H30N4O5S. The molecule has 9 nitrogen and oxygen atoms in total. The summed E-state index contributed by atoms with van der Waals surface area (Å²) in [5.41, 5.74) is 2.18. The van der Waals surface area contributed by atoms with Gasteiger partial charge in [0.15, 0.2) is 9.84 Å². The third-order valence-corrected chi connectivity index (χ3v) is 8.09. The van der Waals surface area contributed by atoms with Gasteiger partial charge in [-0.15, -0.1) is 0 Å². The monoisotopic (exact) mass is 474 g/mol. The minimum absolute atomic E-state index is 0.0267. The molecule has 2 unspecified atom stereocenters. The van der Waals surface area contributed by atoms with E-state index in [1.165, 1.54) is 6.20 Å². The van der Waals surface area contributed by atoms with E-state index >= 15 is 0 Å². The minimum atomic E-state index is -3.18. The summed E-state index contributed by atoms with van der Waals surface area (Å²) in [6, 6.07) is 6.26. The zero-order valence-corrected chi connectivity index (χ0v) is 19.8. The third kappa shape index (κ3) is 5.11. The van der Waals surface area contributed by atoms with Crippen LogP contribution < -0.4 is 5.32 Å². The summed E-state index contributed by atoms with van der Waals surface area (Å²) in [7, 11) is -3.18. The van der Waals surface area contributed by atoms with Crippen LogP contribution in [0.3, 0.4) is 0 Å². The second-order valence-corrected chi connectivity index (χ2v) is 10.8. The molecule has 0 saturated carbocycles. The largest absolute Gasteiger partial charge is 0.462 e. The number of hydrogen-bond acceptors (Lipinski definition) is 7. The Morgan fingerprint density at radius 3 is 2.48 bits per heavy atom. The average Bonchev–Trinajstić information content (AvgIpc) is 3.33. The lowest BCUT2D eigenvalue weighted by molar-refractivity contribution is 0.0525. The second kappa shape index (κ2) is 9.64. The Morgan fingerprint density at radius 1 is 1.12 bits per heavy atom. The molecule has 3 heterocycles. The average molecular weight is 475 g/mol. The van der Waals surface area contributed by atoms with E-state index in [1.54, 1.807) is 42.8 Å². The Labute approximate surface area is 194 Å². The van der Waals surface area contributed by atoms with Crippen molar-refractivity contribution < 1.29 is 22.7 Å². The molecule has 2 atom stereocenters. The molecule has 2 saturated heterocycles. The van der Waals surface area contributed by atoms with Crippen LogP contribution >= 0.6 is 0 Å². The lowest BCUT2D eigenvalue weighted by atomic mass is 10.0. The molecule has 10 heteroatoms. The maximum Gasteiger partial charge on any atom is 0.341 e. The SMILES string of the molecule is CCOC(=O)c1cnn(-c2ccc(C(=O)NC3CS(=O)(=O)CC3N3CCCCC3)cc2)c1C. The summed E-state index contributed by atoms with van der Waals surface area (Å²) in [6.07, 6.45) is 4.75. The summed E-state index contributed by atoms with van der Waals surface area (Å²) in [6.45, 7) is 5.56. The van der Waals surface area contributed by atoms with Gasteiger partial charge in [-0.1, -0.05) is 6.42 Å². The number of sulfone groups is 1. The predicted octanol–water partition coefficient (Wildman–Crippen LogP) is 1.74. The Balaban J connectivity index is 1.47. The summed E-state index contributed by atoms with van der Waals surface area (Å²) >= 11 is 0. The van der Waals surface area contributed by atoms with Gasteiger partial charge in [0.1, 0.15) is 5.56 Å². The zero-order valence-electron chi connectivity index (χ0n) is 19.0. The van der Waals surface area contributed by atoms with Crippen molar-refractivity contribution >= 4 is 21.7 Å². The summed E-state index contributed by atoms with van der Waals surface area (Å²) in [5.74, 6) is -0.651. The molecule has 0 aliphatic carbocycles. The smallest absolute Gasteiger partial charge is 0.341 e. The highest BCUT2D eigenvalue weighted by atomic mass is 32.2. The van der Waals surface area contributed by atoms with Crippen LogP contribution in [0.1, 0.15) is 52.6 Å². The quantitative estimate of drug-likeness (QED) is 0.635. The Hall–Kier alpha value is -2.72. The van der Waals surface area contributed by atoms with Crippen LogP contribution in [0.5, 0.6) is 0 Å². The van der Waals surface area contributed by atoms with Crippen LogP contribution in [0.4, 0.5) is 0 Å². The third-order valence-electron chi connectivity index (χ3n) is 6.38. The molecule has 178 valence electrons. The first-order valence-corrected chi connectivity index (χ1v) is 13.2. The van der Waals surface area contributed by atoms with Crippen molar-refractivity contribution in [2.45, 2.75) is 45.2 Å². The first-order valence-electron chi connectivity index (χ1n) is 11.4. The minimum Gasteiger partial charge on any atom is -0.462 e. The van der Waals surface area contributed by atoms with Gasteiger partial charge in [0, 0.05) is 11.6 Å². The fraction of sp³-hybridized carbons (Fsp3) is 0.522. The highest BCUT2D eigenvalue weighted by Crippen LogP contribution is 2.23. The molecule has 2 aliphatic heterocycles. The highest BCUT2D eigenvalue weighted by molar-refractivity contribution is 7.91. The van der Waals surface area contributed by atoms with Gasteiger partial charge in [-0.25, -0.2) is 17.9 Å². The van der Waals surface area contributed by atoms with Gasteiger partial charge < -0.3 is 10.1 Å². The molecule has 4 rings (SSSR count). The highest BCUT2D eigenvalue weighted by Gasteiger charge is 2.42. The van der Waals surface area contributed by atoms with E-state index in [1.807, 2.05) is 0 Å². The van der Waals surface area contributed by atoms with Gasteiger partial charge in [0.25, 0.3) is 5.91 Å². The van der Waals surface area contributed by atoms with E-state index in [0.717, 1.165) is 32.4 Å². The van der Waals surface area contributed by atoms with E-state index in [0.29, 0.717) is 22.5 Å². The van der Waals surface area contributed by atoms with Crippen molar-refractivity contribution in [3.63, 3.8) is 0 Å². The van der Waals surface area contributed by atoms with Gasteiger partial charge >= 0.3 is 5.97 Å². The molecule has 1 amide bonds. The van der Waals surface area contributed by atoms with Crippen LogP contribution in [0.2, 0.25) is 0 Å². The summed E-state index contributed by atoms with van der Waals surface area (Å²) in [5, 5.41) is 7.23. The number of esters is 1. The molecular weight excluding hydrogens is 444 g/mol. The molecule has 1 N–H and O–H groups in total. The molecule has 0 spiro atoms. The number of hydrogen-bond donors (Lipinski definition) is 1. The normalized spacial score (nSPS) is 22.7. The maximum atomic E-state index is 12.9. The number of ether oxygens (including phenoxy) is 1. The van der Waals surface area contributed by atoms with Crippen molar-refractivity contribution in [3.05, 3.63) is 47.3 Å². The van der Waals surface area contributed by atoms with Crippen LogP contribution in [0.25, 0.3) is 5.69 Å². The number of nitrogens with zero attached hydrogens (tertiary/aromatic N) is 3. The molecule has 0 bridgehead atoms. The predicted molar refractivity (Wildman–Crippen MR) is 123 cm³/mol. The fourth-order valence-electron chi connectivity index (χ4n) is 4.66. The van der Waals surface area contributed by atoms with Crippen molar-refractivity contribution in [1.29, 1.82) is 0 Å². The van der Waals surface area contributed by atoms with E-state index in [2.05, 4.69) is 15.3 Å². The van der Waals surface area contributed by atoms with Gasteiger partial charge in [-0.05, 0) is 64.0 Å². The number of likely N-dealkylation sites (tertiary alicyclic amines) is 1. The molecule has 2 fully saturated rings. The number of benzene rings is 1. The number of piperidine rings is 1. The lowest BCUT2D eigenvalue weighted by Crippen LogP contribution is -2.52.